The summed E-state index contributed by atoms with van der Waals surface area (Å²) in [5.74, 6) is 0.363. The molecule has 86 valence electrons. The van der Waals surface area contributed by atoms with E-state index < -0.39 is 0 Å². The van der Waals surface area contributed by atoms with Gasteiger partial charge >= 0.3 is 0 Å². The fourth-order valence-corrected chi connectivity index (χ4v) is 1.98. The van der Waals surface area contributed by atoms with Crippen LogP contribution in [0.3, 0.4) is 0 Å². The van der Waals surface area contributed by atoms with Crippen molar-refractivity contribution in [1.29, 1.82) is 0 Å². The number of hydrogen-bond donors (Lipinski definition) is 1. The van der Waals surface area contributed by atoms with Gasteiger partial charge in [-0.1, -0.05) is 6.07 Å². The van der Waals surface area contributed by atoms with Gasteiger partial charge in [0.15, 0.2) is 0 Å². The zero-order valence-corrected chi connectivity index (χ0v) is 9.17. The first-order chi connectivity index (χ1) is 7.79. The van der Waals surface area contributed by atoms with E-state index in [1.165, 1.54) is 0 Å². The smallest absolute Gasteiger partial charge is 0.228 e. The minimum absolute atomic E-state index is 0.106. The number of carbonyl (C=O) groups is 1. The molecule has 0 aromatic carbocycles. The van der Waals surface area contributed by atoms with E-state index in [1.807, 2.05) is 23.1 Å². The molecule has 1 aliphatic rings. The van der Waals surface area contributed by atoms with Crippen molar-refractivity contribution >= 4 is 5.91 Å². The molecule has 1 aromatic rings. The molecule has 4 nitrogen and oxygen atoms in total. The Morgan fingerprint density at radius 3 is 3.06 bits per heavy atom. The van der Waals surface area contributed by atoms with Crippen molar-refractivity contribution in [2.24, 2.45) is 5.92 Å². The number of aromatic nitrogens is 1. The Balaban J connectivity index is 1.90. The molecule has 1 aliphatic heterocycles. The van der Waals surface area contributed by atoms with E-state index in [0.29, 0.717) is 13.0 Å². The average Bonchev–Trinajstić information content (AvgIpc) is 2.79. The second-order valence-electron chi connectivity index (χ2n) is 4.17. The fourth-order valence-electron chi connectivity index (χ4n) is 1.98. The van der Waals surface area contributed by atoms with Crippen molar-refractivity contribution in [2.75, 3.05) is 19.7 Å². The number of nitrogens with zero attached hydrogens (tertiary/aromatic N) is 2. The van der Waals surface area contributed by atoms with E-state index in [2.05, 4.69) is 4.98 Å². The van der Waals surface area contributed by atoms with Crippen LogP contribution in [0.25, 0.3) is 0 Å². The van der Waals surface area contributed by atoms with Gasteiger partial charge in [0.25, 0.3) is 0 Å². The highest BCUT2D eigenvalue weighted by Gasteiger charge is 2.25. The predicted octanol–water partition coefficient (Wildman–Crippen LogP) is 0.465. The van der Waals surface area contributed by atoms with Gasteiger partial charge in [0.1, 0.15) is 0 Å². The third kappa shape index (κ3) is 2.58. The van der Waals surface area contributed by atoms with Crippen molar-refractivity contribution in [1.82, 2.24) is 9.88 Å². The average molecular weight is 220 g/mol. The lowest BCUT2D eigenvalue weighted by atomic mass is 10.1. The van der Waals surface area contributed by atoms with Gasteiger partial charge in [-0.25, -0.2) is 0 Å². The van der Waals surface area contributed by atoms with Crippen molar-refractivity contribution in [3.8, 4) is 0 Å². The van der Waals surface area contributed by atoms with Crippen LogP contribution >= 0.6 is 0 Å². The largest absolute Gasteiger partial charge is 0.396 e. The monoisotopic (exact) mass is 220 g/mol. The van der Waals surface area contributed by atoms with Crippen molar-refractivity contribution in [2.45, 2.75) is 12.8 Å². The normalized spacial score (nSPS) is 20.1. The van der Waals surface area contributed by atoms with Crippen molar-refractivity contribution in [3.05, 3.63) is 30.1 Å². The van der Waals surface area contributed by atoms with Crippen LogP contribution in [0.15, 0.2) is 24.4 Å². The van der Waals surface area contributed by atoms with E-state index in [-0.39, 0.29) is 18.4 Å². The standard InChI is InChI=1S/C12H16N2O2/c15-9-10-4-6-14(8-10)12(16)7-11-3-1-2-5-13-11/h1-3,5,10,15H,4,6-9H2. The molecule has 0 aliphatic carbocycles. The number of pyridine rings is 1. The molecule has 0 saturated carbocycles. The molecule has 1 unspecified atom stereocenters. The van der Waals surface area contributed by atoms with Gasteiger partial charge in [-0.15, -0.1) is 0 Å². The van der Waals surface area contributed by atoms with Gasteiger partial charge in [-0.2, -0.15) is 0 Å². The Kier molecular flexibility index (Phi) is 3.51. The lowest BCUT2D eigenvalue weighted by Gasteiger charge is -2.15. The second-order valence-corrected chi connectivity index (χ2v) is 4.17. The van der Waals surface area contributed by atoms with Crippen LogP contribution in [0.1, 0.15) is 12.1 Å². The number of rotatable bonds is 3. The first-order valence-corrected chi connectivity index (χ1v) is 5.58. The summed E-state index contributed by atoms with van der Waals surface area (Å²) in [6, 6.07) is 5.58. The molecule has 0 spiro atoms. The Hall–Kier alpha value is -1.42. The molecule has 1 saturated heterocycles. The minimum Gasteiger partial charge on any atom is -0.396 e. The summed E-state index contributed by atoms with van der Waals surface area (Å²) in [5, 5.41) is 9.01. The second kappa shape index (κ2) is 5.07. The van der Waals surface area contributed by atoms with Crippen LogP contribution in [-0.2, 0) is 11.2 Å². The molecule has 1 atom stereocenters. The zero-order chi connectivity index (χ0) is 11.4. The summed E-state index contributed by atoms with van der Waals surface area (Å²) in [5.41, 5.74) is 0.806. The molecule has 16 heavy (non-hydrogen) atoms. The summed E-state index contributed by atoms with van der Waals surface area (Å²) < 4.78 is 0. The maximum Gasteiger partial charge on any atom is 0.228 e. The topological polar surface area (TPSA) is 53.4 Å². The minimum atomic E-state index is 0.106. The maximum atomic E-state index is 11.9. The molecule has 2 heterocycles. The Labute approximate surface area is 94.9 Å². The van der Waals surface area contributed by atoms with Crippen LogP contribution in [0.5, 0.6) is 0 Å². The Morgan fingerprint density at radius 1 is 1.56 bits per heavy atom. The molecular formula is C12H16N2O2. The Bertz CT molecular complexity index is 353. The van der Waals surface area contributed by atoms with Gasteiger partial charge in [0, 0.05) is 37.5 Å². The lowest BCUT2D eigenvalue weighted by molar-refractivity contribution is -0.129. The first kappa shape index (κ1) is 11.1. The molecule has 1 N–H and O–H groups in total. The first-order valence-electron chi connectivity index (χ1n) is 5.58. The molecule has 0 bridgehead atoms. The van der Waals surface area contributed by atoms with E-state index in [0.717, 1.165) is 18.7 Å². The zero-order valence-electron chi connectivity index (χ0n) is 9.17. The van der Waals surface area contributed by atoms with Crippen LogP contribution in [0, 0.1) is 5.92 Å². The maximum absolute atomic E-state index is 11.9. The van der Waals surface area contributed by atoms with Crippen molar-refractivity contribution < 1.29 is 9.90 Å². The van der Waals surface area contributed by atoms with Crippen LogP contribution < -0.4 is 0 Å². The highest BCUT2D eigenvalue weighted by Crippen LogP contribution is 2.16. The third-order valence-electron chi connectivity index (χ3n) is 2.96. The molecule has 1 fully saturated rings. The SMILES string of the molecule is O=C(Cc1ccccn1)N1CCC(CO)C1. The van der Waals surface area contributed by atoms with E-state index in [9.17, 15) is 4.79 Å². The molecule has 2 rings (SSSR count). The van der Waals surface area contributed by atoms with Crippen LogP contribution in [-0.4, -0.2) is 40.6 Å². The van der Waals surface area contributed by atoms with Gasteiger partial charge in [-0.3, -0.25) is 9.78 Å². The summed E-state index contributed by atoms with van der Waals surface area (Å²) in [6.07, 6.45) is 2.96. The van der Waals surface area contributed by atoms with Crippen LogP contribution in [0.2, 0.25) is 0 Å². The third-order valence-corrected chi connectivity index (χ3v) is 2.96. The number of carbonyl (C=O) groups excluding carboxylic acids is 1. The number of aliphatic hydroxyl groups is 1. The van der Waals surface area contributed by atoms with E-state index in [1.54, 1.807) is 6.20 Å². The molecule has 4 heteroatoms. The van der Waals surface area contributed by atoms with E-state index >= 15 is 0 Å². The lowest BCUT2D eigenvalue weighted by Crippen LogP contribution is -2.30. The van der Waals surface area contributed by atoms with Gasteiger partial charge in [0.2, 0.25) is 5.91 Å². The summed E-state index contributed by atoms with van der Waals surface area (Å²) in [6.45, 7) is 1.62. The highest BCUT2D eigenvalue weighted by molar-refractivity contribution is 5.78. The predicted molar refractivity (Wildman–Crippen MR) is 59.7 cm³/mol. The summed E-state index contributed by atoms with van der Waals surface area (Å²) >= 11 is 0. The highest BCUT2D eigenvalue weighted by atomic mass is 16.3. The van der Waals surface area contributed by atoms with Gasteiger partial charge in [0.05, 0.1) is 6.42 Å². The number of hydrogen-bond acceptors (Lipinski definition) is 3. The fraction of sp³-hybridized carbons (Fsp3) is 0.500. The molecule has 1 amide bonds. The van der Waals surface area contributed by atoms with Gasteiger partial charge < -0.3 is 10.0 Å². The molecule has 1 aromatic heterocycles. The van der Waals surface area contributed by atoms with Crippen LogP contribution in [0.4, 0.5) is 0 Å². The summed E-state index contributed by atoms with van der Waals surface area (Å²) in [7, 11) is 0. The number of likely N-dealkylation sites (tertiary alicyclic amines) is 1. The Morgan fingerprint density at radius 2 is 2.44 bits per heavy atom. The number of amides is 1. The van der Waals surface area contributed by atoms with Gasteiger partial charge in [-0.05, 0) is 18.6 Å². The van der Waals surface area contributed by atoms with Crippen molar-refractivity contribution in [3.63, 3.8) is 0 Å². The molecule has 0 radical (unpaired) electrons. The molecular weight excluding hydrogens is 204 g/mol. The quantitative estimate of drug-likeness (QED) is 0.805. The number of aliphatic hydroxyl groups excluding tert-OH is 1. The van der Waals surface area contributed by atoms with E-state index in [4.69, 9.17) is 5.11 Å². The summed E-state index contributed by atoms with van der Waals surface area (Å²) in [4.78, 5) is 17.8.